The summed E-state index contributed by atoms with van der Waals surface area (Å²) in [6.07, 6.45) is 1.69. The maximum absolute atomic E-state index is 5.74. The molecule has 0 bridgehead atoms. The summed E-state index contributed by atoms with van der Waals surface area (Å²) in [5.41, 5.74) is 2.21. The maximum atomic E-state index is 5.74. The van der Waals surface area contributed by atoms with Gasteiger partial charge in [-0.15, -0.1) is 0 Å². The van der Waals surface area contributed by atoms with E-state index >= 15 is 0 Å². The zero-order chi connectivity index (χ0) is 16.8. The SMILES string of the molecule is COc1c(CCCOCc2ccccc2)cc2c(c1OC)OCO2. The second-order valence-electron chi connectivity index (χ2n) is 5.48. The summed E-state index contributed by atoms with van der Waals surface area (Å²) in [6.45, 7) is 1.51. The Balaban J connectivity index is 1.59. The monoisotopic (exact) mass is 330 g/mol. The molecule has 2 aromatic carbocycles. The first-order chi connectivity index (χ1) is 11.8. The fourth-order valence-corrected chi connectivity index (χ4v) is 2.77. The summed E-state index contributed by atoms with van der Waals surface area (Å²) in [6, 6.07) is 12.1. The lowest BCUT2D eigenvalue weighted by molar-refractivity contribution is 0.118. The van der Waals surface area contributed by atoms with Crippen LogP contribution < -0.4 is 18.9 Å². The smallest absolute Gasteiger partial charge is 0.231 e. The molecule has 0 amide bonds. The Labute approximate surface area is 142 Å². The predicted octanol–water partition coefficient (Wildman–Crippen LogP) is 3.58. The Morgan fingerprint density at radius 1 is 1.00 bits per heavy atom. The van der Waals surface area contributed by atoms with Gasteiger partial charge in [-0.1, -0.05) is 30.3 Å². The van der Waals surface area contributed by atoms with Crippen molar-refractivity contribution in [1.82, 2.24) is 0 Å². The minimum Gasteiger partial charge on any atom is -0.492 e. The molecule has 5 heteroatoms. The molecule has 0 radical (unpaired) electrons. The molecule has 0 saturated heterocycles. The average Bonchev–Trinajstić information content (AvgIpc) is 3.09. The average molecular weight is 330 g/mol. The van der Waals surface area contributed by atoms with Crippen molar-refractivity contribution < 1.29 is 23.7 Å². The number of rotatable bonds is 8. The molecule has 0 atom stereocenters. The third-order valence-electron chi connectivity index (χ3n) is 3.91. The van der Waals surface area contributed by atoms with Crippen molar-refractivity contribution in [2.75, 3.05) is 27.6 Å². The molecule has 3 rings (SSSR count). The van der Waals surface area contributed by atoms with E-state index in [9.17, 15) is 0 Å². The van der Waals surface area contributed by atoms with E-state index in [-0.39, 0.29) is 6.79 Å². The van der Waals surface area contributed by atoms with Crippen molar-refractivity contribution in [3.63, 3.8) is 0 Å². The van der Waals surface area contributed by atoms with Gasteiger partial charge < -0.3 is 23.7 Å². The Bertz CT molecular complexity index is 669. The van der Waals surface area contributed by atoms with Crippen molar-refractivity contribution in [2.45, 2.75) is 19.4 Å². The van der Waals surface area contributed by atoms with Crippen LogP contribution in [0.15, 0.2) is 36.4 Å². The number of benzene rings is 2. The summed E-state index contributed by atoms with van der Waals surface area (Å²) in [5.74, 6) is 2.60. The number of ether oxygens (including phenoxy) is 5. The standard InChI is InChI=1S/C19H22O5/c1-20-17-15(11-16-18(19(17)21-2)24-13-23-16)9-6-10-22-12-14-7-4-3-5-8-14/h3-5,7-8,11H,6,9-10,12-13H2,1-2H3. The zero-order valence-corrected chi connectivity index (χ0v) is 14.0. The molecular formula is C19H22O5. The van der Waals surface area contributed by atoms with Gasteiger partial charge in [0.2, 0.25) is 18.3 Å². The topological polar surface area (TPSA) is 46.2 Å². The second kappa shape index (κ2) is 7.93. The van der Waals surface area contributed by atoms with Gasteiger partial charge in [-0.25, -0.2) is 0 Å². The molecule has 0 N–H and O–H groups in total. The van der Waals surface area contributed by atoms with Gasteiger partial charge in [0, 0.05) is 12.2 Å². The first-order valence-electron chi connectivity index (χ1n) is 7.98. The van der Waals surface area contributed by atoms with Crippen LogP contribution in [0.5, 0.6) is 23.0 Å². The largest absolute Gasteiger partial charge is 0.492 e. The Morgan fingerprint density at radius 3 is 2.54 bits per heavy atom. The molecule has 1 heterocycles. The van der Waals surface area contributed by atoms with Crippen molar-refractivity contribution in [2.24, 2.45) is 0 Å². The number of aryl methyl sites for hydroxylation is 1. The van der Waals surface area contributed by atoms with Crippen LogP contribution in [0.4, 0.5) is 0 Å². The molecule has 24 heavy (non-hydrogen) atoms. The lowest BCUT2D eigenvalue weighted by atomic mass is 10.1. The second-order valence-corrected chi connectivity index (χ2v) is 5.48. The minimum absolute atomic E-state index is 0.207. The van der Waals surface area contributed by atoms with Crippen LogP contribution in [0.1, 0.15) is 17.5 Å². The number of hydrogen-bond acceptors (Lipinski definition) is 5. The highest BCUT2D eigenvalue weighted by molar-refractivity contribution is 5.63. The van der Waals surface area contributed by atoms with Gasteiger partial charge in [-0.2, -0.15) is 0 Å². The summed E-state index contributed by atoms with van der Waals surface area (Å²) < 4.78 is 27.6. The van der Waals surface area contributed by atoms with Crippen LogP contribution in [-0.2, 0) is 17.8 Å². The number of hydrogen-bond donors (Lipinski definition) is 0. The molecule has 0 saturated carbocycles. The third kappa shape index (κ3) is 3.57. The molecule has 5 nitrogen and oxygen atoms in total. The summed E-state index contributed by atoms with van der Waals surface area (Å²) in [5, 5.41) is 0. The molecule has 0 fully saturated rings. The maximum Gasteiger partial charge on any atom is 0.231 e. The van der Waals surface area contributed by atoms with Crippen LogP contribution >= 0.6 is 0 Å². The lowest BCUT2D eigenvalue weighted by Gasteiger charge is -2.15. The fourth-order valence-electron chi connectivity index (χ4n) is 2.77. The molecular weight excluding hydrogens is 308 g/mol. The van der Waals surface area contributed by atoms with Crippen molar-refractivity contribution in [1.29, 1.82) is 0 Å². The van der Waals surface area contributed by atoms with Gasteiger partial charge in [0.1, 0.15) is 0 Å². The van der Waals surface area contributed by atoms with E-state index in [1.165, 1.54) is 5.56 Å². The molecule has 0 spiro atoms. The zero-order valence-electron chi connectivity index (χ0n) is 14.0. The van der Waals surface area contributed by atoms with Crippen molar-refractivity contribution >= 4 is 0 Å². The third-order valence-corrected chi connectivity index (χ3v) is 3.91. The van der Waals surface area contributed by atoms with Gasteiger partial charge >= 0.3 is 0 Å². The van der Waals surface area contributed by atoms with Crippen LogP contribution in [-0.4, -0.2) is 27.6 Å². The predicted molar refractivity (Wildman–Crippen MR) is 90.1 cm³/mol. The molecule has 1 aliphatic rings. The van der Waals surface area contributed by atoms with Gasteiger partial charge in [0.05, 0.1) is 20.8 Å². The fraction of sp³-hybridized carbons (Fsp3) is 0.368. The highest BCUT2D eigenvalue weighted by Crippen LogP contribution is 2.49. The Hall–Kier alpha value is -2.40. The highest BCUT2D eigenvalue weighted by atomic mass is 16.7. The van der Waals surface area contributed by atoms with Gasteiger partial charge in [-0.3, -0.25) is 0 Å². The lowest BCUT2D eigenvalue weighted by Crippen LogP contribution is -2.01. The van der Waals surface area contributed by atoms with Gasteiger partial charge in [-0.05, 0) is 24.5 Å². The van der Waals surface area contributed by atoms with Gasteiger partial charge in [0.15, 0.2) is 11.5 Å². The Kier molecular flexibility index (Phi) is 5.43. The first-order valence-corrected chi connectivity index (χ1v) is 7.98. The summed E-state index contributed by atoms with van der Waals surface area (Å²) >= 11 is 0. The van der Waals surface area contributed by atoms with E-state index in [2.05, 4.69) is 12.1 Å². The van der Waals surface area contributed by atoms with Crippen LogP contribution in [0.2, 0.25) is 0 Å². The molecule has 2 aromatic rings. The van der Waals surface area contributed by atoms with E-state index in [0.717, 1.165) is 18.4 Å². The Morgan fingerprint density at radius 2 is 1.79 bits per heavy atom. The summed E-state index contributed by atoms with van der Waals surface area (Å²) in [7, 11) is 3.24. The van der Waals surface area contributed by atoms with Gasteiger partial charge in [0.25, 0.3) is 0 Å². The van der Waals surface area contributed by atoms with E-state index in [4.69, 9.17) is 23.7 Å². The molecule has 0 aromatic heterocycles. The normalized spacial score (nSPS) is 12.2. The van der Waals surface area contributed by atoms with E-state index in [1.807, 2.05) is 24.3 Å². The highest BCUT2D eigenvalue weighted by Gasteiger charge is 2.25. The van der Waals surface area contributed by atoms with E-state index in [1.54, 1.807) is 14.2 Å². The van der Waals surface area contributed by atoms with Crippen LogP contribution in [0.3, 0.4) is 0 Å². The number of methoxy groups -OCH3 is 2. The molecule has 1 aliphatic heterocycles. The summed E-state index contributed by atoms with van der Waals surface area (Å²) in [4.78, 5) is 0. The number of fused-ring (bicyclic) bond motifs is 1. The molecule has 0 unspecified atom stereocenters. The molecule has 0 aliphatic carbocycles. The van der Waals surface area contributed by atoms with Crippen molar-refractivity contribution in [3.8, 4) is 23.0 Å². The first kappa shape index (κ1) is 16.5. The van der Waals surface area contributed by atoms with Crippen molar-refractivity contribution in [3.05, 3.63) is 47.5 Å². The quantitative estimate of drug-likeness (QED) is 0.692. The van der Waals surface area contributed by atoms with E-state index < -0.39 is 0 Å². The minimum atomic E-state index is 0.207. The van der Waals surface area contributed by atoms with E-state index in [0.29, 0.717) is 36.2 Å². The van der Waals surface area contributed by atoms with Crippen LogP contribution in [0, 0.1) is 0 Å². The van der Waals surface area contributed by atoms with Crippen LogP contribution in [0.25, 0.3) is 0 Å². The molecule has 128 valence electrons.